The van der Waals surface area contributed by atoms with Crippen LogP contribution in [0, 0.1) is 0 Å². The van der Waals surface area contributed by atoms with Crippen LogP contribution in [0.25, 0.3) is 0 Å². The third kappa shape index (κ3) is 2.48. The second-order valence-electron chi connectivity index (χ2n) is 6.41. The summed E-state index contributed by atoms with van der Waals surface area (Å²) in [6, 6.07) is 8.47. The molecule has 2 aliphatic rings. The van der Waals surface area contributed by atoms with Gasteiger partial charge in [-0.1, -0.05) is 30.3 Å². The number of hydrogen-bond donors (Lipinski definition) is 1. The Balaban J connectivity index is 1.71. The van der Waals surface area contributed by atoms with Crippen molar-refractivity contribution < 1.29 is 19.1 Å². The van der Waals surface area contributed by atoms with E-state index in [9.17, 15) is 14.7 Å². The average molecular weight is 326 g/mol. The number of aliphatic carboxylic acids is 1. The Morgan fingerprint density at radius 1 is 1.12 bits per heavy atom. The Morgan fingerprint density at radius 3 is 2.54 bits per heavy atom. The zero-order chi connectivity index (χ0) is 16.7. The summed E-state index contributed by atoms with van der Waals surface area (Å²) in [7, 11) is 0. The minimum atomic E-state index is -0.978. The molecule has 1 aliphatic carbocycles. The lowest BCUT2D eigenvalue weighted by Gasteiger charge is -2.28. The van der Waals surface area contributed by atoms with Crippen molar-refractivity contribution in [3.8, 4) is 0 Å². The molecule has 1 aromatic heterocycles. The van der Waals surface area contributed by atoms with Crippen molar-refractivity contribution >= 4 is 11.9 Å². The molecule has 1 aliphatic heterocycles. The maximum atomic E-state index is 13.1. The number of rotatable bonds is 4. The third-order valence-corrected chi connectivity index (χ3v) is 4.84. The lowest BCUT2D eigenvalue weighted by Crippen LogP contribution is -2.42. The zero-order valence-corrected chi connectivity index (χ0v) is 13.1. The molecule has 0 spiro atoms. The van der Waals surface area contributed by atoms with E-state index in [4.69, 9.17) is 4.42 Å². The summed E-state index contributed by atoms with van der Waals surface area (Å²) in [5.74, 6) is -0.877. The molecule has 0 radical (unpaired) electrons. The molecule has 1 N–H and O–H groups in total. The van der Waals surface area contributed by atoms with Gasteiger partial charge in [0.15, 0.2) is 6.39 Å². The van der Waals surface area contributed by atoms with Crippen molar-refractivity contribution in [3.63, 3.8) is 0 Å². The molecule has 6 heteroatoms. The average Bonchev–Trinajstić information content (AvgIpc) is 3.15. The summed E-state index contributed by atoms with van der Waals surface area (Å²) >= 11 is 0. The molecule has 1 saturated carbocycles. The molecule has 4 rings (SSSR count). The number of likely N-dealkylation sites (tertiary alicyclic amines) is 1. The lowest BCUT2D eigenvalue weighted by atomic mass is 10.0. The van der Waals surface area contributed by atoms with E-state index in [1.165, 1.54) is 11.3 Å². The van der Waals surface area contributed by atoms with Gasteiger partial charge in [0.05, 0.1) is 11.7 Å². The molecule has 0 bridgehead atoms. The number of aromatic nitrogens is 1. The molecule has 2 fully saturated rings. The zero-order valence-electron chi connectivity index (χ0n) is 13.1. The normalized spacial score (nSPS) is 23.4. The Labute approximate surface area is 139 Å². The highest BCUT2D eigenvalue weighted by Gasteiger charge is 2.44. The first-order valence-corrected chi connectivity index (χ1v) is 8.20. The molecule has 24 heavy (non-hydrogen) atoms. The maximum Gasteiger partial charge on any atom is 0.326 e. The Bertz CT molecular complexity index is 766. The highest BCUT2D eigenvalue weighted by atomic mass is 16.4. The van der Waals surface area contributed by atoms with Gasteiger partial charge in [0.1, 0.15) is 6.04 Å². The predicted octanol–water partition coefficient (Wildman–Crippen LogP) is 2.98. The van der Waals surface area contributed by atoms with E-state index < -0.39 is 12.0 Å². The molecule has 1 amide bonds. The smallest absolute Gasteiger partial charge is 0.326 e. The molecule has 1 saturated heterocycles. The lowest BCUT2D eigenvalue weighted by molar-refractivity contribution is -0.141. The van der Waals surface area contributed by atoms with Gasteiger partial charge in [0, 0.05) is 5.92 Å². The summed E-state index contributed by atoms with van der Waals surface area (Å²) in [5, 5.41) is 9.55. The third-order valence-electron chi connectivity index (χ3n) is 4.84. The summed E-state index contributed by atoms with van der Waals surface area (Å²) in [6.45, 7) is 0. The number of carboxylic acid groups (broad SMARTS) is 1. The van der Waals surface area contributed by atoms with Gasteiger partial charge in [0.25, 0.3) is 5.91 Å². The largest absolute Gasteiger partial charge is 0.480 e. The molecule has 2 aromatic rings. The summed E-state index contributed by atoms with van der Waals surface area (Å²) in [4.78, 5) is 30.4. The van der Waals surface area contributed by atoms with E-state index in [0.29, 0.717) is 18.5 Å². The Kier molecular flexibility index (Phi) is 3.59. The molecule has 6 nitrogen and oxygen atoms in total. The van der Waals surface area contributed by atoms with E-state index in [1.54, 1.807) is 0 Å². The van der Waals surface area contributed by atoms with Crippen LogP contribution in [0.2, 0.25) is 0 Å². The van der Waals surface area contributed by atoms with Gasteiger partial charge < -0.3 is 14.4 Å². The second-order valence-corrected chi connectivity index (χ2v) is 6.41. The van der Waals surface area contributed by atoms with E-state index in [2.05, 4.69) is 4.98 Å². The van der Waals surface area contributed by atoms with Gasteiger partial charge in [-0.25, -0.2) is 9.78 Å². The summed E-state index contributed by atoms with van der Waals surface area (Å²) in [5.41, 5.74) is 1.62. The predicted molar refractivity (Wildman–Crippen MR) is 84.5 cm³/mol. The number of benzene rings is 1. The van der Waals surface area contributed by atoms with Gasteiger partial charge >= 0.3 is 5.97 Å². The number of carbonyl (C=O) groups excluding carboxylic acids is 1. The van der Waals surface area contributed by atoms with Crippen LogP contribution in [0.5, 0.6) is 0 Å². The highest BCUT2D eigenvalue weighted by Crippen LogP contribution is 2.43. The van der Waals surface area contributed by atoms with Crippen LogP contribution in [0.15, 0.2) is 41.1 Å². The number of carboxylic acids is 1. The Hall–Kier alpha value is -2.63. The first-order valence-electron chi connectivity index (χ1n) is 8.20. The van der Waals surface area contributed by atoms with Crippen molar-refractivity contribution in [2.75, 3.05) is 0 Å². The van der Waals surface area contributed by atoms with Crippen molar-refractivity contribution in [2.45, 2.75) is 43.7 Å². The van der Waals surface area contributed by atoms with E-state index in [-0.39, 0.29) is 23.6 Å². The number of amides is 1. The molecule has 2 heterocycles. The fraction of sp³-hybridized carbons (Fsp3) is 0.389. The molecule has 2 atom stereocenters. The van der Waals surface area contributed by atoms with Gasteiger partial charge in [-0.05, 0) is 31.2 Å². The fourth-order valence-electron chi connectivity index (χ4n) is 3.52. The second kappa shape index (κ2) is 5.78. The van der Waals surface area contributed by atoms with E-state index in [1.807, 2.05) is 30.3 Å². The molecule has 1 unspecified atom stereocenters. The monoisotopic (exact) mass is 326 g/mol. The maximum absolute atomic E-state index is 13.1. The van der Waals surface area contributed by atoms with Crippen LogP contribution >= 0.6 is 0 Å². The quantitative estimate of drug-likeness (QED) is 0.934. The van der Waals surface area contributed by atoms with Crippen LogP contribution in [0.1, 0.15) is 59.5 Å². The topological polar surface area (TPSA) is 83.6 Å². The van der Waals surface area contributed by atoms with E-state index >= 15 is 0 Å². The minimum absolute atomic E-state index is 0.201. The van der Waals surface area contributed by atoms with E-state index in [0.717, 1.165) is 18.4 Å². The number of carbonyl (C=O) groups is 2. The van der Waals surface area contributed by atoms with Crippen LogP contribution in [0.3, 0.4) is 0 Å². The van der Waals surface area contributed by atoms with Crippen LogP contribution < -0.4 is 0 Å². The van der Waals surface area contributed by atoms with Crippen molar-refractivity contribution in [2.24, 2.45) is 0 Å². The molecule has 1 aromatic carbocycles. The standard InChI is InChI=1S/C18H18N2O4/c21-17(16-15(12-6-7-12)19-10-24-16)20-13(8-9-14(20)18(22)23)11-4-2-1-3-5-11/h1-5,10,12-14H,6-9H2,(H,22,23)/t13-,14?/m0/s1. The van der Waals surface area contributed by atoms with Gasteiger partial charge in [0.2, 0.25) is 5.76 Å². The minimum Gasteiger partial charge on any atom is -0.480 e. The van der Waals surface area contributed by atoms with Crippen LogP contribution in [-0.4, -0.2) is 32.9 Å². The summed E-state index contributed by atoms with van der Waals surface area (Å²) in [6.07, 6.45) is 4.34. The number of nitrogens with zero attached hydrogens (tertiary/aromatic N) is 2. The van der Waals surface area contributed by atoms with Gasteiger partial charge in [-0.2, -0.15) is 0 Å². The highest BCUT2D eigenvalue weighted by molar-refractivity contribution is 5.96. The van der Waals surface area contributed by atoms with Crippen LogP contribution in [0.4, 0.5) is 0 Å². The molecule has 124 valence electrons. The number of oxazole rings is 1. The van der Waals surface area contributed by atoms with Crippen molar-refractivity contribution in [3.05, 3.63) is 53.7 Å². The first kappa shape index (κ1) is 14.9. The van der Waals surface area contributed by atoms with Crippen LogP contribution in [-0.2, 0) is 4.79 Å². The SMILES string of the molecule is O=C(O)C1CC[C@@H](c2ccccc2)N1C(=O)c1ocnc1C1CC1. The summed E-state index contributed by atoms with van der Waals surface area (Å²) < 4.78 is 5.36. The Morgan fingerprint density at radius 2 is 1.88 bits per heavy atom. The molecular formula is C18H18N2O4. The van der Waals surface area contributed by atoms with Crippen molar-refractivity contribution in [1.29, 1.82) is 0 Å². The molecular weight excluding hydrogens is 308 g/mol. The first-order chi connectivity index (χ1) is 11.7. The van der Waals surface area contributed by atoms with Gasteiger partial charge in [-0.3, -0.25) is 4.79 Å². The number of hydrogen-bond acceptors (Lipinski definition) is 4. The van der Waals surface area contributed by atoms with Gasteiger partial charge in [-0.15, -0.1) is 0 Å². The fourth-order valence-corrected chi connectivity index (χ4v) is 3.52. The van der Waals surface area contributed by atoms with Crippen molar-refractivity contribution in [1.82, 2.24) is 9.88 Å².